The molecule has 0 bridgehead atoms. The van der Waals surface area contributed by atoms with Gasteiger partial charge in [-0.1, -0.05) is 64.5 Å². The molecule has 4 rings (SSSR count). The quantitative estimate of drug-likeness (QED) is 0.257. The highest BCUT2D eigenvalue weighted by Gasteiger charge is 2.22. The molecule has 0 spiro atoms. The van der Waals surface area contributed by atoms with Crippen molar-refractivity contribution in [3.63, 3.8) is 0 Å². The van der Waals surface area contributed by atoms with Crippen molar-refractivity contribution in [2.24, 2.45) is 9.98 Å². The van der Waals surface area contributed by atoms with Gasteiger partial charge in [0, 0.05) is 37.9 Å². The van der Waals surface area contributed by atoms with Crippen molar-refractivity contribution in [2.45, 2.75) is 6.92 Å². The number of methoxy groups -OCH3 is 2. The van der Waals surface area contributed by atoms with Crippen LogP contribution in [0.15, 0.2) is 93.3 Å². The van der Waals surface area contributed by atoms with Gasteiger partial charge in [-0.3, -0.25) is 4.99 Å². The molecule has 1 aliphatic rings. The minimum Gasteiger partial charge on any atom is -0.493 e. The first kappa shape index (κ1) is 24.8. The minimum atomic E-state index is 0.439. The van der Waals surface area contributed by atoms with Crippen molar-refractivity contribution in [3.8, 4) is 11.5 Å². The Morgan fingerprint density at radius 1 is 1.03 bits per heavy atom. The van der Waals surface area contributed by atoms with Crippen LogP contribution < -0.4 is 14.8 Å². The van der Waals surface area contributed by atoms with E-state index in [0.717, 1.165) is 43.8 Å². The number of halogens is 2. The van der Waals surface area contributed by atoms with Gasteiger partial charge in [0.25, 0.3) is 0 Å². The molecule has 0 atom stereocenters. The van der Waals surface area contributed by atoms with E-state index in [0.29, 0.717) is 28.9 Å². The summed E-state index contributed by atoms with van der Waals surface area (Å²) in [6.07, 6.45) is 1.81. The van der Waals surface area contributed by atoms with Gasteiger partial charge in [-0.2, -0.15) is 0 Å². The van der Waals surface area contributed by atoms with E-state index in [9.17, 15) is 0 Å². The first-order chi connectivity index (χ1) is 16.9. The largest absolute Gasteiger partial charge is 0.493 e. The van der Waals surface area contributed by atoms with E-state index in [4.69, 9.17) is 31.1 Å². The predicted molar refractivity (Wildman–Crippen MR) is 149 cm³/mol. The summed E-state index contributed by atoms with van der Waals surface area (Å²) in [4.78, 5) is 9.93. The molecule has 0 saturated heterocycles. The Labute approximate surface area is 219 Å². The van der Waals surface area contributed by atoms with E-state index in [2.05, 4.69) is 27.8 Å². The minimum absolute atomic E-state index is 0.439. The number of benzene rings is 3. The van der Waals surface area contributed by atoms with E-state index in [1.54, 1.807) is 14.2 Å². The Morgan fingerprint density at radius 3 is 2.51 bits per heavy atom. The number of hydrogen-bond donors (Lipinski definition) is 1. The maximum atomic E-state index is 6.43. The van der Waals surface area contributed by atoms with Crippen molar-refractivity contribution >= 4 is 50.5 Å². The summed E-state index contributed by atoms with van der Waals surface area (Å²) in [7, 11) is 3.22. The fraction of sp³-hybridized carbons (Fsp3) is 0.143. The van der Waals surface area contributed by atoms with E-state index in [-0.39, 0.29) is 0 Å². The van der Waals surface area contributed by atoms with Crippen molar-refractivity contribution in [1.82, 2.24) is 0 Å². The molecule has 0 unspecified atom stereocenters. The highest BCUT2D eigenvalue weighted by atomic mass is 79.9. The Hall–Kier alpha value is -3.35. The number of ether oxygens (including phenoxy) is 2. The van der Waals surface area contributed by atoms with Crippen LogP contribution in [0.4, 0.5) is 5.69 Å². The summed E-state index contributed by atoms with van der Waals surface area (Å²) >= 11 is 10.1. The molecule has 3 aromatic rings. The number of nitrogens with one attached hydrogen (secondary N) is 1. The Morgan fingerprint density at radius 2 is 1.80 bits per heavy atom. The van der Waals surface area contributed by atoms with Crippen LogP contribution in [0.1, 0.15) is 23.6 Å². The summed E-state index contributed by atoms with van der Waals surface area (Å²) < 4.78 is 11.7. The fourth-order valence-corrected chi connectivity index (χ4v) is 4.56. The second-order valence-electron chi connectivity index (χ2n) is 7.80. The summed E-state index contributed by atoms with van der Waals surface area (Å²) in [5.41, 5.74) is 6.24. The SMILES string of the molecule is C=CC1=C(N=C(C)Nc2ccc(OC)c(OC)c2)c2ccc(Cl)cc2C(c2ccccc2Br)=NC1. The second-order valence-corrected chi connectivity index (χ2v) is 9.10. The van der Waals surface area contributed by atoms with Crippen LogP contribution in [-0.2, 0) is 0 Å². The van der Waals surface area contributed by atoms with Gasteiger partial charge in [0.15, 0.2) is 11.5 Å². The lowest BCUT2D eigenvalue weighted by Gasteiger charge is -2.15. The molecule has 1 heterocycles. The van der Waals surface area contributed by atoms with Gasteiger partial charge in [0.1, 0.15) is 5.84 Å². The molecule has 1 N–H and O–H groups in total. The molecule has 0 aromatic heterocycles. The molecule has 178 valence electrons. The topological polar surface area (TPSA) is 55.2 Å². The van der Waals surface area contributed by atoms with Crippen LogP contribution in [0.3, 0.4) is 0 Å². The Balaban J connectivity index is 1.78. The molecule has 1 aliphatic heterocycles. The number of amidine groups is 1. The monoisotopic (exact) mass is 549 g/mol. The lowest BCUT2D eigenvalue weighted by Crippen LogP contribution is -2.09. The van der Waals surface area contributed by atoms with E-state index >= 15 is 0 Å². The lowest BCUT2D eigenvalue weighted by molar-refractivity contribution is 0.355. The Kier molecular flexibility index (Phi) is 7.73. The highest BCUT2D eigenvalue weighted by molar-refractivity contribution is 9.10. The number of rotatable bonds is 6. The smallest absolute Gasteiger partial charge is 0.162 e. The van der Waals surface area contributed by atoms with Gasteiger partial charge in [-0.25, -0.2) is 4.99 Å². The third-order valence-electron chi connectivity index (χ3n) is 5.57. The molecular formula is C28H25BrClN3O2. The standard InChI is InChI=1S/C28H25BrClN3O2/c1-5-18-16-31-28(22-8-6-7-9-24(22)29)23-14-19(30)10-12-21(23)27(18)33-17(2)32-20-11-13-25(34-3)26(15-20)35-4/h5-15H,1,16H2,2-4H3,(H,32,33). The molecule has 5 nitrogen and oxygen atoms in total. The van der Waals surface area contributed by atoms with Crippen LogP contribution in [-0.4, -0.2) is 32.3 Å². The van der Waals surface area contributed by atoms with E-state index in [1.807, 2.05) is 73.7 Å². The van der Waals surface area contributed by atoms with Crippen molar-refractivity contribution in [2.75, 3.05) is 26.1 Å². The zero-order chi connectivity index (χ0) is 24.9. The zero-order valence-corrected chi connectivity index (χ0v) is 22.1. The molecule has 0 aliphatic carbocycles. The first-order valence-corrected chi connectivity index (χ1v) is 12.1. The average Bonchev–Trinajstić information content (AvgIpc) is 3.00. The van der Waals surface area contributed by atoms with Gasteiger partial charge >= 0.3 is 0 Å². The van der Waals surface area contributed by atoms with Gasteiger partial charge < -0.3 is 14.8 Å². The fourth-order valence-electron chi connectivity index (χ4n) is 3.91. The third kappa shape index (κ3) is 5.34. The third-order valence-corrected chi connectivity index (χ3v) is 6.49. The van der Waals surface area contributed by atoms with Crippen LogP contribution in [0, 0.1) is 0 Å². The molecule has 0 saturated carbocycles. The molecule has 3 aromatic carbocycles. The predicted octanol–water partition coefficient (Wildman–Crippen LogP) is 7.40. The molecular weight excluding hydrogens is 526 g/mol. The van der Waals surface area contributed by atoms with Gasteiger partial charge in [0.05, 0.1) is 32.2 Å². The lowest BCUT2D eigenvalue weighted by atomic mass is 9.95. The van der Waals surface area contributed by atoms with E-state index in [1.165, 1.54) is 0 Å². The van der Waals surface area contributed by atoms with Gasteiger partial charge in [-0.05, 0) is 42.8 Å². The second kappa shape index (κ2) is 10.9. The number of fused-ring (bicyclic) bond motifs is 1. The summed E-state index contributed by atoms with van der Waals surface area (Å²) in [6.45, 7) is 6.39. The Bertz CT molecular complexity index is 1380. The maximum absolute atomic E-state index is 6.43. The molecule has 0 amide bonds. The number of nitrogens with zero attached hydrogens (tertiary/aromatic N) is 2. The molecule has 0 fully saturated rings. The van der Waals surface area contributed by atoms with Crippen molar-refractivity contribution < 1.29 is 9.47 Å². The summed E-state index contributed by atoms with van der Waals surface area (Å²) in [6, 6.07) is 19.5. The highest BCUT2D eigenvalue weighted by Crippen LogP contribution is 2.34. The molecule has 7 heteroatoms. The first-order valence-electron chi connectivity index (χ1n) is 10.9. The summed E-state index contributed by atoms with van der Waals surface area (Å²) in [5.74, 6) is 2.00. The number of anilines is 1. The van der Waals surface area contributed by atoms with Crippen molar-refractivity contribution in [1.29, 1.82) is 0 Å². The van der Waals surface area contributed by atoms with Crippen molar-refractivity contribution in [3.05, 3.63) is 105 Å². The molecule has 0 radical (unpaired) electrons. The van der Waals surface area contributed by atoms with Crippen LogP contribution in [0.2, 0.25) is 5.02 Å². The zero-order valence-electron chi connectivity index (χ0n) is 19.7. The maximum Gasteiger partial charge on any atom is 0.162 e. The van der Waals surface area contributed by atoms with E-state index < -0.39 is 0 Å². The number of hydrogen-bond acceptors (Lipinski definition) is 4. The van der Waals surface area contributed by atoms with Crippen LogP contribution in [0.5, 0.6) is 11.5 Å². The average molecular weight is 551 g/mol. The molecule has 35 heavy (non-hydrogen) atoms. The number of aliphatic imine (C=N–C) groups is 2. The van der Waals surface area contributed by atoms with Crippen LogP contribution >= 0.6 is 27.5 Å². The van der Waals surface area contributed by atoms with Crippen LogP contribution in [0.25, 0.3) is 5.70 Å². The summed E-state index contributed by atoms with van der Waals surface area (Å²) in [5, 5.41) is 3.98. The van der Waals surface area contributed by atoms with Gasteiger partial charge in [-0.15, -0.1) is 0 Å². The normalized spacial score (nSPS) is 13.5. The van der Waals surface area contributed by atoms with Gasteiger partial charge in [0.2, 0.25) is 0 Å².